The van der Waals surface area contributed by atoms with E-state index < -0.39 is 0 Å². The van der Waals surface area contributed by atoms with Gasteiger partial charge in [0.25, 0.3) is 5.56 Å². The summed E-state index contributed by atoms with van der Waals surface area (Å²) in [5.74, 6) is 0.192. The lowest BCUT2D eigenvalue weighted by atomic mass is 10.3. The zero-order valence-electron chi connectivity index (χ0n) is 9.42. The molecule has 2 aromatic rings. The van der Waals surface area contributed by atoms with E-state index in [1.165, 1.54) is 10.6 Å². The molecule has 2 rings (SSSR count). The van der Waals surface area contributed by atoms with Crippen molar-refractivity contribution in [2.75, 3.05) is 0 Å². The summed E-state index contributed by atoms with van der Waals surface area (Å²) in [6.45, 7) is 4.00. The number of benzene rings is 1. The quantitative estimate of drug-likeness (QED) is 0.797. The molecule has 0 radical (unpaired) electrons. The molecule has 0 saturated heterocycles. The average Bonchev–Trinajstić information content (AvgIpc) is 2.34. The molecule has 3 heteroatoms. The molecule has 16 heavy (non-hydrogen) atoms. The van der Waals surface area contributed by atoms with Gasteiger partial charge in [-0.05, 0) is 30.3 Å². The summed E-state index contributed by atoms with van der Waals surface area (Å²) >= 11 is 0. The van der Waals surface area contributed by atoms with Crippen LogP contribution in [0.5, 0.6) is 5.75 Å². The Hall–Kier alpha value is -2.03. The van der Waals surface area contributed by atoms with Crippen molar-refractivity contribution in [2.45, 2.75) is 13.8 Å². The molecule has 0 spiro atoms. The molecule has 0 bridgehead atoms. The smallest absolute Gasteiger partial charge is 0.255 e. The third-order valence-corrected chi connectivity index (χ3v) is 1.95. The van der Waals surface area contributed by atoms with Crippen LogP contribution in [0.25, 0.3) is 5.69 Å². The van der Waals surface area contributed by atoms with E-state index in [1.54, 1.807) is 42.6 Å². The van der Waals surface area contributed by atoms with Gasteiger partial charge in [0.2, 0.25) is 0 Å². The number of hydrogen-bond donors (Lipinski definition) is 1. The fourth-order valence-electron chi connectivity index (χ4n) is 1.25. The highest BCUT2D eigenvalue weighted by Gasteiger charge is 1.96. The molecule has 0 atom stereocenters. The number of aromatic nitrogens is 1. The predicted octanol–water partition coefficient (Wildman–Crippen LogP) is 2.57. The van der Waals surface area contributed by atoms with Crippen LogP contribution in [0.2, 0.25) is 0 Å². The van der Waals surface area contributed by atoms with E-state index in [1.807, 2.05) is 13.8 Å². The van der Waals surface area contributed by atoms with E-state index in [-0.39, 0.29) is 11.3 Å². The predicted molar refractivity (Wildman–Crippen MR) is 65.1 cm³/mol. The third kappa shape index (κ3) is 2.73. The Bertz CT molecular complexity index is 486. The minimum atomic E-state index is -0.0850. The standard InChI is InChI=1S/C11H9NO2.C2H6/c13-10-6-4-9(5-7-10)12-8-2-1-3-11(12)14;1-2/h1-8,13H;1-2H3. The van der Waals surface area contributed by atoms with E-state index in [2.05, 4.69) is 0 Å². The van der Waals surface area contributed by atoms with Gasteiger partial charge < -0.3 is 5.11 Å². The maximum absolute atomic E-state index is 11.4. The Morgan fingerprint density at radius 2 is 1.62 bits per heavy atom. The Balaban J connectivity index is 0.000000606. The molecular weight excluding hydrogens is 202 g/mol. The SMILES string of the molecule is CC.O=c1ccccn1-c1ccc(O)cc1. The van der Waals surface area contributed by atoms with Crippen LogP contribution >= 0.6 is 0 Å². The summed E-state index contributed by atoms with van der Waals surface area (Å²) in [5, 5.41) is 9.09. The van der Waals surface area contributed by atoms with Crippen molar-refractivity contribution in [3.05, 3.63) is 59.0 Å². The fourth-order valence-corrected chi connectivity index (χ4v) is 1.25. The second-order valence-corrected chi connectivity index (χ2v) is 2.93. The first-order chi connectivity index (χ1) is 7.77. The molecule has 0 unspecified atom stereocenters. The average molecular weight is 217 g/mol. The minimum Gasteiger partial charge on any atom is -0.508 e. The molecule has 84 valence electrons. The van der Waals surface area contributed by atoms with E-state index in [4.69, 9.17) is 5.11 Å². The van der Waals surface area contributed by atoms with E-state index in [0.717, 1.165) is 5.69 Å². The number of aromatic hydroxyl groups is 1. The number of nitrogens with zero attached hydrogens (tertiary/aromatic N) is 1. The van der Waals surface area contributed by atoms with Gasteiger partial charge >= 0.3 is 0 Å². The topological polar surface area (TPSA) is 42.2 Å². The van der Waals surface area contributed by atoms with Gasteiger partial charge in [0.1, 0.15) is 5.75 Å². The minimum absolute atomic E-state index is 0.0850. The molecular formula is C13H15NO2. The van der Waals surface area contributed by atoms with Crippen LogP contribution in [0.15, 0.2) is 53.5 Å². The highest BCUT2D eigenvalue weighted by molar-refractivity contribution is 5.36. The van der Waals surface area contributed by atoms with Crippen LogP contribution in [0.1, 0.15) is 13.8 Å². The summed E-state index contributed by atoms with van der Waals surface area (Å²) in [5.41, 5.74) is 0.659. The van der Waals surface area contributed by atoms with Gasteiger partial charge in [0.05, 0.1) is 0 Å². The summed E-state index contributed by atoms with van der Waals surface area (Å²) < 4.78 is 1.51. The zero-order chi connectivity index (χ0) is 12.0. The second-order valence-electron chi connectivity index (χ2n) is 2.93. The van der Waals surface area contributed by atoms with Gasteiger partial charge in [-0.1, -0.05) is 19.9 Å². The number of rotatable bonds is 1. The Morgan fingerprint density at radius 1 is 1.00 bits per heavy atom. The lowest BCUT2D eigenvalue weighted by molar-refractivity contribution is 0.475. The number of hydrogen-bond acceptors (Lipinski definition) is 2. The Labute approximate surface area is 94.6 Å². The molecule has 0 aliphatic carbocycles. The monoisotopic (exact) mass is 217 g/mol. The van der Waals surface area contributed by atoms with Crippen LogP contribution in [0.3, 0.4) is 0 Å². The number of phenols is 1. The number of phenolic OH excluding ortho intramolecular Hbond substituents is 1. The van der Waals surface area contributed by atoms with E-state index >= 15 is 0 Å². The van der Waals surface area contributed by atoms with Crippen LogP contribution in [-0.2, 0) is 0 Å². The van der Waals surface area contributed by atoms with Crippen molar-refractivity contribution >= 4 is 0 Å². The molecule has 0 fully saturated rings. The molecule has 1 heterocycles. The van der Waals surface area contributed by atoms with Crippen molar-refractivity contribution in [3.8, 4) is 11.4 Å². The summed E-state index contributed by atoms with van der Waals surface area (Å²) in [7, 11) is 0. The van der Waals surface area contributed by atoms with Crippen LogP contribution in [0, 0.1) is 0 Å². The molecule has 0 amide bonds. The van der Waals surface area contributed by atoms with Gasteiger partial charge in [0, 0.05) is 18.0 Å². The lowest BCUT2D eigenvalue weighted by Crippen LogP contribution is -2.15. The van der Waals surface area contributed by atoms with Gasteiger partial charge in [0.15, 0.2) is 0 Å². The lowest BCUT2D eigenvalue weighted by Gasteiger charge is -2.03. The van der Waals surface area contributed by atoms with Crippen LogP contribution in [-0.4, -0.2) is 9.67 Å². The number of pyridine rings is 1. The van der Waals surface area contributed by atoms with Crippen molar-refractivity contribution in [3.63, 3.8) is 0 Å². The maximum atomic E-state index is 11.4. The summed E-state index contributed by atoms with van der Waals surface area (Å²) in [6, 6.07) is 11.5. The molecule has 1 aromatic carbocycles. The highest BCUT2D eigenvalue weighted by Crippen LogP contribution is 2.11. The van der Waals surface area contributed by atoms with Crippen molar-refractivity contribution in [2.24, 2.45) is 0 Å². The van der Waals surface area contributed by atoms with Crippen molar-refractivity contribution < 1.29 is 5.11 Å². The highest BCUT2D eigenvalue weighted by atomic mass is 16.3. The van der Waals surface area contributed by atoms with Crippen molar-refractivity contribution in [1.29, 1.82) is 0 Å². The first kappa shape index (κ1) is 12.0. The van der Waals surface area contributed by atoms with Gasteiger partial charge in [-0.3, -0.25) is 9.36 Å². The Kier molecular flexibility index (Phi) is 4.33. The van der Waals surface area contributed by atoms with Crippen LogP contribution < -0.4 is 5.56 Å². The van der Waals surface area contributed by atoms with Crippen molar-refractivity contribution in [1.82, 2.24) is 4.57 Å². The zero-order valence-corrected chi connectivity index (χ0v) is 9.42. The molecule has 0 aliphatic rings. The van der Waals surface area contributed by atoms with E-state index in [9.17, 15) is 4.79 Å². The van der Waals surface area contributed by atoms with Gasteiger partial charge in [-0.2, -0.15) is 0 Å². The first-order valence-corrected chi connectivity index (χ1v) is 5.24. The molecule has 1 N–H and O–H groups in total. The first-order valence-electron chi connectivity index (χ1n) is 5.24. The fraction of sp³-hybridized carbons (Fsp3) is 0.154. The van der Waals surface area contributed by atoms with E-state index in [0.29, 0.717) is 0 Å². The third-order valence-electron chi connectivity index (χ3n) is 1.95. The maximum Gasteiger partial charge on any atom is 0.255 e. The molecule has 0 aliphatic heterocycles. The summed E-state index contributed by atoms with van der Waals surface area (Å²) in [4.78, 5) is 11.4. The van der Waals surface area contributed by atoms with Gasteiger partial charge in [-0.15, -0.1) is 0 Å². The van der Waals surface area contributed by atoms with Gasteiger partial charge in [-0.25, -0.2) is 0 Å². The van der Waals surface area contributed by atoms with Crippen LogP contribution in [0.4, 0.5) is 0 Å². The normalized spacial score (nSPS) is 9.12. The molecule has 3 nitrogen and oxygen atoms in total. The summed E-state index contributed by atoms with van der Waals surface area (Å²) in [6.07, 6.45) is 1.69. The molecule has 0 saturated carbocycles. The largest absolute Gasteiger partial charge is 0.508 e. The molecule has 1 aromatic heterocycles. The second kappa shape index (κ2) is 5.75. The Morgan fingerprint density at radius 3 is 2.19 bits per heavy atom.